The second-order valence-electron chi connectivity index (χ2n) is 6.40. The van der Waals surface area contributed by atoms with Gasteiger partial charge in [-0.15, -0.1) is 22.7 Å². The van der Waals surface area contributed by atoms with Gasteiger partial charge in [0.1, 0.15) is 9.88 Å². The minimum Gasteiger partial charge on any atom is -0.462 e. The van der Waals surface area contributed by atoms with Gasteiger partial charge in [-0.2, -0.15) is 0 Å². The largest absolute Gasteiger partial charge is 0.462 e. The number of thiophene rings is 2. The first-order chi connectivity index (χ1) is 15.4. The molecule has 1 aromatic carbocycles. The summed E-state index contributed by atoms with van der Waals surface area (Å²) < 4.78 is 10.1. The van der Waals surface area contributed by atoms with Crippen molar-refractivity contribution in [1.82, 2.24) is 0 Å². The van der Waals surface area contributed by atoms with Crippen LogP contribution in [-0.4, -0.2) is 37.0 Å². The lowest BCUT2D eigenvalue weighted by atomic mass is 10.1. The predicted octanol–water partition coefficient (Wildman–Crippen LogP) is 4.34. The molecule has 0 aliphatic heterocycles. The molecule has 32 heavy (non-hydrogen) atoms. The van der Waals surface area contributed by atoms with Gasteiger partial charge in [-0.1, -0.05) is 24.3 Å². The van der Waals surface area contributed by atoms with Crippen molar-refractivity contribution in [3.63, 3.8) is 0 Å². The zero-order valence-corrected chi connectivity index (χ0v) is 18.9. The van der Waals surface area contributed by atoms with Crippen molar-refractivity contribution in [3.8, 4) is 0 Å². The number of esters is 2. The van der Waals surface area contributed by atoms with Gasteiger partial charge in [0.15, 0.2) is 6.61 Å². The number of amides is 2. The van der Waals surface area contributed by atoms with Crippen molar-refractivity contribution in [3.05, 3.63) is 68.7 Å². The SMILES string of the molecule is CCOC(=O)c1c(NC(=O)COC(=O)c2cccs2)sc(C(=O)Nc2ccccc2)c1C. The molecule has 0 saturated heterocycles. The molecule has 3 rings (SSSR count). The molecule has 0 bridgehead atoms. The van der Waals surface area contributed by atoms with Crippen molar-refractivity contribution >= 4 is 57.1 Å². The van der Waals surface area contributed by atoms with Crippen molar-refractivity contribution in [2.24, 2.45) is 0 Å². The van der Waals surface area contributed by atoms with Crippen LogP contribution in [0.2, 0.25) is 0 Å². The zero-order valence-electron chi connectivity index (χ0n) is 17.3. The highest BCUT2D eigenvalue weighted by Crippen LogP contribution is 2.34. The molecule has 10 heteroatoms. The Kier molecular flexibility index (Phi) is 7.74. The summed E-state index contributed by atoms with van der Waals surface area (Å²) in [5.74, 6) is -2.34. The third-order valence-corrected chi connectivity index (χ3v) is 6.23. The first-order valence-electron chi connectivity index (χ1n) is 9.58. The maximum absolute atomic E-state index is 12.8. The summed E-state index contributed by atoms with van der Waals surface area (Å²) in [4.78, 5) is 50.2. The lowest BCUT2D eigenvalue weighted by molar-refractivity contribution is -0.119. The number of anilines is 2. The zero-order chi connectivity index (χ0) is 23.1. The van der Waals surface area contributed by atoms with Gasteiger partial charge in [-0.05, 0) is 43.0 Å². The van der Waals surface area contributed by atoms with E-state index in [-0.39, 0.29) is 22.0 Å². The number of hydrogen-bond acceptors (Lipinski definition) is 8. The van der Waals surface area contributed by atoms with E-state index in [2.05, 4.69) is 10.6 Å². The van der Waals surface area contributed by atoms with Gasteiger partial charge >= 0.3 is 11.9 Å². The highest BCUT2D eigenvalue weighted by Gasteiger charge is 2.27. The van der Waals surface area contributed by atoms with Crippen molar-refractivity contribution < 1.29 is 28.7 Å². The first kappa shape index (κ1) is 23.2. The van der Waals surface area contributed by atoms with E-state index < -0.39 is 30.4 Å². The van der Waals surface area contributed by atoms with Gasteiger partial charge in [0.2, 0.25) is 0 Å². The second-order valence-corrected chi connectivity index (χ2v) is 8.37. The summed E-state index contributed by atoms with van der Waals surface area (Å²) >= 11 is 2.14. The predicted molar refractivity (Wildman–Crippen MR) is 123 cm³/mol. The second kappa shape index (κ2) is 10.7. The van der Waals surface area contributed by atoms with Crippen molar-refractivity contribution in [2.45, 2.75) is 13.8 Å². The summed E-state index contributed by atoms with van der Waals surface area (Å²) in [6.07, 6.45) is 0. The lowest BCUT2D eigenvalue weighted by Crippen LogP contribution is -2.21. The van der Waals surface area contributed by atoms with Gasteiger partial charge in [0.05, 0.1) is 17.0 Å². The molecule has 0 unspecified atom stereocenters. The van der Waals surface area contributed by atoms with Crippen LogP contribution in [0.5, 0.6) is 0 Å². The molecule has 0 aliphatic rings. The van der Waals surface area contributed by atoms with E-state index in [1.807, 2.05) is 6.07 Å². The molecular formula is C22H20N2O6S2. The molecule has 0 saturated carbocycles. The number of para-hydroxylation sites is 1. The maximum Gasteiger partial charge on any atom is 0.348 e. The van der Waals surface area contributed by atoms with E-state index in [0.717, 1.165) is 11.3 Å². The van der Waals surface area contributed by atoms with Crippen LogP contribution in [0.15, 0.2) is 47.8 Å². The van der Waals surface area contributed by atoms with Crippen LogP contribution >= 0.6 is 22.7 Å². The molecule has 0 aliphatic carbocycles. The van der Waals surface area contributed by atoms with Crippen LogP contribution in [0.3, 0.4) is 0 Å². The van der Waals surface area contributed by atoms with Gasteiger partial charge in [-0.3, -0.25) is 9.59 Å². The van der Waals surface area contributed by atoms with Crippen LogP contribution < -0.4 is 10.6 Å². The molecule has 2 N–H and O–H groups in total. The molecule has 166 valence electrons. The van der Waals surface area contributed by atoms with Crippen LogP contribution in [0, 0.1) is 6.92 Å². The van der Waals surface area contributed by atoms with Crippen LogP contribution in [-0.2, 0) is 14.3 Å². The molecule has 8 nitrogen and oxygen atoms in total. The summed E-state index contributed by atoms with van der Waals surface area (Å²) in [6.45, 7) is 2.85. The number of carbonyl (C=O) groups excluding carboxylic acids is 4. The third kappa shape index (κ3) is 5.59. The van der Waals surface area contributed by atoms with E-state index in [4.69, 9.17) is 9.47 Å². The van der Waals surface area contributed by atoms with Gasteiger partial charge < -0.3 is 20.1 Å². The molecule has 2 heterocycles. The van der Waals surface area contributed by atoms with Crippen molar-refractivity contribution in [2.75, 3.05) is 23.8 Å². The quantitative estimate of drug-likeness (QED) is 0.472. The Hall–Kier alpha value is -3.50. The minimum atomic E-state index is -0.661. The van der Waals surface area contributed by atoms with E-state index >= 15 is 0 Å². The summed E-state index contributed by atoms with van der Waals surface area (Å²) in [5, 5.41) is 7.18. The number of rotatable bonds is 8. The van der Waals surface area contributed by atoms with E-state index in [9.17, 15) is 19.2 Å². The van der Waals surface area contributed by atoms with Gasteiger partial charge in [-0.25, -0.2) is 9.59 Å². The third-order valence-electron chi connectivity index (χ3n) is 4.17. The fourth-order valence-electron chi connectivity index (χ4n) is 2.74. The molecule has 0 fully saturated rings. The molecule has 2 amide bonds. The Labute approximate surface area is 192 Å². The molecule has 0 spiro atoms. The Morgan fingerprint density at radius 3 is 2.34 bits per heavy atom. The van der Waals surface area contributed by atoms with Gasteiger partial charge in [0, 0.05) is 5.69 Å². The molecule has 0 radical (unpaired) electrons. The van der Waals surface area contributed by atoms with Crippen LogP contribution in [0.25, 0.3) is 0 Å². The topological polar surface area (TPSA) is 111 Å². The summed E-state index contributed by atoms with van der Waals surface area (Å²) in [6, 6.07) is 12.1. The average Bonchev–Trinajstić information content (AvgIpc) is 3.41. The summed E-state index contributed by atoms with van der Waals surface area (Å²) in [7, 11) is 0. The minimum absolute atomic E-state index is 0.0907. The summed E-state index contributed by atoms with van der Waals surface area (Å²) in [5.41, 5.74) is 1.06. The normalized spacial score (nSPS) is 10.3. The Bertz CT molecular complexity index is 1120. The van der Waals surface area contributed by atoms with Crippen LogP contribution in [0.1, 0.15) is 42.2 Å². The average molecular weight is 473 g/mol. The smallest absolute Gasteiger partial charge is 0.348 e. The van der Waals surface area contributed by atoms with E-state index in [0.29, 0.717) is 16.1 Å². The van der Waals surface area contributed by atoms with E-state index in [1.54, 1.807) is 55.6 Å². The fourth-order valence-corrected chi connectivity index (χ4v) is 4.46. The number of carbonyl (C=O) groups is 4. The lowest BCUT2D eigenvalue weighted by Gasteiger charge is -2.07. The number of benzene rings is 1. The Morgan fingerprint density at radius 2 is 1.69 bits per heavy atom. The monoisotopic (exact) mass is 472 g/mol. The molecule has 2 aromatic heterocycles. The van der Waals surface area contributed by atoms with E-state index in [1.165, 1.54) is 11.3 Å². The molecule has 3 aromatic rings. The number of nitrogens with one attached hydrogen (secondary N) is 2. The standard InChI is InChI=1S/C22H20N2O6S2/c1-3-29-22(28)17-13(2)18(19(26)23-14-8-5-4-6-9-14)32-20(17)24-16(25)12-30-21(27)15-10-7-11-31-15/h4-11H,3,12H2,1-2H3,(H,23,26)(H,24,25). The maximum atomic E-state index is 12.8. The fraction of sp³-hybridized carbons (Fsp3) is 0.182. The van der Waals surface area contributed by atoms with Crippen molar-refractivity contribution in [1.29, 1.82) is 0 Å². The highest BCUT2D eigenvalue weighted by atomic mass is 32.1. The number of hydrogen-bond donors (Lipinski definition) is 2. The Balaban J connectivity index is 1.78. The highest BCUT2D eigenvalue weighted by molar-refractivity contribution is 7.19. The molecular weight excluding hydrogens is 452 g/mol. The number of ether oxygens (including phenoxy) is 2. The van der Waals surface area contributed by atoms with Gasteiger partial charge in [0.25, 0.3) is 11.8 Å². The van der Waals surface area contributed by atoms with Crippen LogP contribution in [0.4, 0.5) is 10.7 Å². The Morgan fingerprint density at radius 1 is 0.938 bits per heavy atom. The first-order valence-corrected chi connectivity index (χ1v) is 11.3. The molecule has 0 atom stereocenters.